The molecule has 1 heterocycles. The second kappa shape index (κ2) is 5.22. The van der Waals surface area contributed by atoms with Crippen LogP contribution in [0.5, 0.6) is 5.75 Å². The average molecular weight is 278 g/mol. The Morgan fingerprint density at radius 1 is 1.15 bits per heavy atom. The second-order valence-corrected chi connectivity index (χ2v) is 5.86. The maximum atomic E-state index is 14.4. The van der Waals surface area contributed by atoms with Crippen molar-refractivity contribution in [2.75, 3.05) is 7.11 Å². The van der Waals surface area contributed by atoms with Crippen molar-refractivity contribution in [2.45, 2.75) is 38.9 Å². The molecule has 0 atom stereocenters. The Morgan fingerprint density at radius 3 is 2.25 bits per heavy atom. The summed E-state index contributed by atoms with van der Waals surface area (Å²) in [4.78, 5) is 0. The summed E-state index contributed by atoms with van der Waals surface area (Å²) in [5.41, 5.74) is -0.914. The largest absolute Gasteiger partial charge is 0.525 e. The van der Waals surface area contributed by atoms with E-state index >= 15 is 0 Å². The third-order valence-electron chi connectivity index (χ3n) is 3.91. The summed E-state index contributed by atoms with van der Waals surface area (Å²) in [6, 6.07) is 7.22. The summed E-state index contributed by atoms with van der Waals surface area (Å²) in [5.74, 6) is 0.610. The van der Waals surface area contributed by atoms with Crippen LogP contribution >= 0.6 is 0 Å². The molecular weight excluding hydrogens is 258 g/mol. The lowest BCUT2D eigenvalue weighted by Crippen LogP contribution is -2.41. The van der Waals surface area contributed by atoms with Crippen molar-refractivity contribution >= 4 is 13.2 Å². The van der Waals surface area contributed by atoms with Gasteiger partial charge in [-0.05, 0) is 39.8 Å². The molecular formula is C15H20BFO3. The monoisotopic (exact) mass is 278 g/mol. The molecule has 3 nitrogen and oxygen atoms in total. The third kappa shape index (κ3) is 2.74. The lowest BCUT2D eigenvalue weighted by molar-refractivity contribution is 0.00578. The van der Waals surface area contributed by atoms with Crippen molar-refractivity contribution < 1.29 is 18.4 Å². The minimum absolute atomic E-state index is 0.465. The molecule has 0 spiro atoms. The van der Waals surface area contributed by atoms with Crippen molar-refractivity contribution in [3.05, 3.63) is 35.6 Å². The first kappa shape index (κ1) is 15.1. The summed E-state index contributed by atoms with van der Waals surface area (Å²) in [5, 5.41) is 0. The number of methoxy groups -OCH3 is 1. The van der Waals surface area contributed by atoms with Gasteiger partial charge in [0.15, 0.2) is 0 Å². The highest BCUT2D eigenvalue weighted by molar-refractivity contribution is 6.54. The van der Waals surface area contributed by atoms with Crippen LogP contribution in [0.1, 0.15) is 33.3 Å². The Morgan fingerprint density at radius 2 is 1.70 bits per heavy atom. The standard InChI is InChI=1S/C15H20BFO3/c1-14(2)15(3,4)20-16(19-14)13(17)10-11-8-6-7-9-12(11)18-5/h6-10H,1-5H3. The van der Waals surface area contributed by atoms with Gasteiger partial charge in [0.2, 0.25) is 0 Å². The number of ether oxygens (including phenoxy) is 1. The highest BCUT2D eigenvalue weighted by atomic mass is 19.1. The van der Waals surface area contributed by atoms with Crippen LogP contribution < -0.4 is 4.74 Å². The van der Waals surface area contributed by atoms with Crippen LogP contribution in [0.2, 0.25) is 0 Å². The third-order valence-corrected chi connectivity index (χ3v) is 3.91. The SMILES string of the molecule is COc1ccccc1C=C(F)B1OC(C)(C)C(C)(C)O1. The summed E-state index contributed by atoms with van der Waals surface area (Å²) in [6.45, 7) is 7.57. The Labute approximate surface area is 119 Å². The van der Waals surface area contributed by atoms with Crippen LogP contribution in [-0.4, -0.2) is 25.4 Å². The molecule has 20 heavy (non-hydrogen) atoms. The van der Waals surface area contributed by atoms with Crippen molar-refractivity contribution in [3.8, 4) is 5.75 Å². The van der Waals surface area contributed by atoms with Crippen LogP contribution in [0.4, 0.5) is 4.39 Å². The number of para-hydroxylation sites is 1. The summed E-state index contributed by atoms with van der Waals surface area (Å²) in [7, 11) is 0.573. The van der Waals surface area contributed by atoms with E-state index < -0.39 is 24.0 Å². The minimum Gasteiger partial charge on any atom is -0.496 e. The molecule has 5 heteroatoms. The van der Waals surface area contributed by atoms with E-state index in [9.17, 15) is 4.39 Å². The van der Waals surface area contributed by atoms with E-state index in [1.54, 1.807) is 19.2 Å². The van der Waals surface area contributed by atoms with Crippen LogP contribution in [0.25, 0.3) is 6.08 Å². The van der Waals surface area contributed by atoms with E-state index in [4.69, 9.17) is 14.0 Å². The number of hydrogen-bond donors (Lipinski definition) is 0. The smallest absolute Gasteiger partial charge is 0.496 e. The van der Waals surface area contributed by atoms with Crippen molar-refractivity contribution in [1.29, 1.82) is 0 Å². The Balaban J connectivity index is 2.24. The molecule has 0 aromatic heterocycles. The van der Waals surface area contributed by atoms with E-state index in [0.29, 0.717) is 11.3 Å². The van der Waals surface area contributed by atoms with Gasteiger partial charge in [-0.15, -0.1) is 0 Å². The van der Waals surface area contributed by atoms with Gasteiger partial charge < -0.3 is 14.0 Å². The van der Waals surface area contributed by atoms with Gasteiger partial charge in [-0.3, -0.25) is 0 Å². The summed E-state index contributed by atoms with van der Waals surface area (Å²) in [6.07, 6.45) is 1.39. The lowest BCUT2D eigenvalue weighted by atomic mass is 9.86. The molecule has 0 unspecified atom stereocenters. The van der Waals surface area contributed by atoms with Crippen LogP contribution in [-0.2, 0) is 9.31 Å². The maximum Gasteiger partial charge on any atom is 0.525 e. The molecule has 108 valence electrons. The molecule has 0 radical (unpaired) electrons. The molecule has 1 aromatic carbocycles. The number of halogens is 1. The molecule has 1 aromatic rings. The van der Waals surface area contributed by atoms with Gasteiger partial charge in [0, 0.05) is 5.56 Å². The molecule has 0 N–H and O–H groups in total. The fourth-order valence-corrected chi connectivity index (χ4v) is 1.96. The number of benzene rings is 1. The van der Waals surface area contributed by atoms with Gasteiger partial charge >= 0.3 is 7.12 Å². The molecule has 1 aliphatic heterocycles. The van der Waals surface area contributed by atoms with E-state index in [2.05, 4.69) is 0 Å². The highest BCUT2D eigenvalue weighted by Crippen LogP contribution is 2.39. The zero-order valence-electron chi connectivity index (χ0n) is 12.6. The average Bonchev–Trinajstić information content (AvgIpc) is 2.59. The summed E-state index contributed by atoms with van der Waals surface area (Å²) >= 11 is 0. The molecule has 0 bridgehead atoms. The van der Waals surface area contributed by atoms with Gasteiger partial charge in [0.25, 0.3) is 0 Å². The van der Waals surface area contributed by atoms with E-state index in [-0.39, 0.29) is 0 Å². The first-order valence-corrected chi connectivity index (χ1v) is 6.62. The van der Waals surface area contributed by atoms with Crippen molar-refractivity contribution in [3.63, 3.8) is 0 Å². The zero-order chi connectivity index (χ0) is 15.0. The Kier molecular flexibility index (Phi) is 3.94. The number of rotatable bonds is 3. The van der Waals surface area contributed by atoms with Gasteiger partial charge in [0.05, 0.1) is 18.3 Å². The van der Waals surface area contributed by atoms with Crippen molar-refractivity contribution in [1.82, 2.24) is 0 Å². The number of hydrogen-bond acceptors (Lipinski definition) is 3. The fourth-order valence-electron chi connectivity index (χ4n) is 1.96. The molecule has 0 saturated carbocycles. The predicted molar refractivity (Wildman–Crippen MR) is 78.2 cm³/mol. The van der Waals surface area contributed by atoms with Crippen LogP contribution in [0.3, 0.4) is 0 Å². The van der Waals surface area contributed by atoms with Gasteiger partial charge in [0.1, 0.15) is 11.5 Å². The topological polar surface area (TPSA) is 27.7 Å². The Bertz CT molecular complexity index is 510. The molecule has 2 rings (SSSR count). The predicted octanol–water partition coefficient (Wildman–Crippen LogP) is 3.64. The van der Waals surface area contributed by atoms with Gasteiger partial charge in [-0.25, -0.2) is 4.39 Å². The normalized spacial score (nSPS) is 21.1. The Hall–Kier alpha value is -1.33. The highest BCUT2D eigenvalue weighted by Gasteiger charge is 2.53. The molecule has 1 saturated heterocycles. The maximum absolute atomic E-state index is 14.4. The minimum atomic E-state index is -0.982. The zero-order valence-corrected chi connectivity index (χ0v) is 12.6. The van der Waals surface area contributed by atoms with E-state index in [1.807, 2.05) is 39.8 Å². The van der Waals surface area contributed by atoms with Crippen LogP contribution in [0, 0.1) is 0 Å². The van der Waals surface area contributed by atoms with Crippen LogP contribution in [0.15, 0.2) is 30.0 Å². The molecule has 0 amide bonds. The first-order valence-electron chi connectivity index (χ1n) is 6.62. The van der Waals surface area contributed by atoms with Crippen molar-refractivity contribution in [2.24, 2.45) is 0 Å². The van der Waals surface area contributed by atoms with E-state index in [0.717, 1.165) is 0 Å². The first-order chi connectivity index (χ1) is 9.27. The second-order valence-electron chi connectivity index (χ2n) is 5.86. The summed E-state index contributed by atoms with van der Waals surface area (Å²) < 4.78 is 30.9. The lowest BCUT2D eigenvalue weighted by Gasteiger charge is -2.32. The fraction of sp³-hybridized carbons (Fsp3) is 0.467. The molecule has 1 aliphatic rings. The van der Waals surface area contributed by atoms with Gasteiger partial charge in [-0.1, -0.05) is 18.2 Å². The quantitative estimate of drug-likeness (QED) is 0.790. The van der Waals surface area contributed by atoms with Gasteiger partial charge in [-0.2, -0.15) is 0 Å². The molecule has 1 fully saturated rings. The molecule has 0 aliphatic carbocycles. The van der Waals surface area contributed by atoms with E-state index in [1.165, 1.54) is 6.08 Å².